The Morgan fingerprint density at radius 1 is 0.875 bits per heavy atom. The van der Waals surface area contributed by atoms with E-state index in [0.717, 1.165) is 4.90 Å². The highest BCUT2D eigenvalue weighted by atomic mass is 35.5. The quantitative estimate of drug-likeness (QED) is 0.309. The highest BCUT2D eigenvalue weighted by Crippen LogP contribution is 2.28. The van der Waals surface area contributed by atoms with Gasteiger partial charge in [0.2, 0.25) is 5.91 Å². The molecule has 0 radical (unpaired) electrons. The molecule has 5 nitrogen and oxygen atoms in total. The van der Waals surface area contributed by atoms with Crippen LogP contribution >= 0.6 is 46.6 Å². The molecular weight excluding hydrogens is 511 g/mol. The normalized spacial score (nSPS) is 12.2. The van der Waals surface area contributed by atoms with Gasteiger partial charge in [0.15, 0.2) is 0 Å². The summed E-state index contributed by atoms with van der Waals surface area (Å²) in [5, 5.41) is 3.78. The summed E-state index contributed by atoms with van der Waals surface area (Å²) >= 11 is 19.2. The van der Waals surface area contributed by atoms with E-state index in [1.807, 2.05) is 19.1 Å². The number of amides is 1. The number of halogens is 3. The van der Waals surface area contributed by atoms with Crippen LogP contribution in [0.1, 0.15) is 13.3 Å². The van der Waals surface area contributed by atoms with Crippen molar-refractivity contribution in [2.75, 3.05) is 10.0 Å². The third-order valence-corrected chi connectivity index (χ3v) is 7.76. The van der Waals surface area contributed by atoms with Crippen molar-refractivity contribution in [2.45, 2.75) is 28.4 Å². The Morgan fingerprint density at radius 3 is 2.03 bits per heavy atom. The molecule has 1 atom stereocenters. The molecule has 3 rings (SSSR count). The van der Waals surface area contributed by atoms with Crippen LogP contribution in [0.25, 0.3) is 0 Å². The van der Waals surface area contributed by atoms with E-state index < -0.39 is 10.0 Å². The average Bonchev–Trinajstić information content (AvgIpc) is 2.72. The second kappa shape index (κ2) is 10.8. The van der Waals surface area contributed by atoms with Gasteiger partial charge in [-0.1, -0.05) is 41.7 Å². The first-order valence-corrected chi connectivity index (χ1v) is 13.0. The zero-order chi connectivity index (χ0) is 23.3. The van der Waals surface area contributed by atoms with Crippen molar-refractivity contribution >= 4 is 73.9 Å². The van der Waals surface area contributed by atoms with Gasteiger partial charge in [0.1, 0.15) is 0 Å². The zero-order valence-corrected chi connectivity index (χ0v) is 20.7. The monoisotopic (exact) mass is 528 g/mol. The fourth-order valence-electron chi connectivity index (χ4n) is 2.77. The van der Waals surface area contributed by atoms with Crippen molar-refractivity contribution in [3.8, 4) is 0 Å². The van der Waals surface area contributed by atoms with Gasteiger partial charge in [-0.3, -0.25) is 9.52 Å². The number of hydrogen-bond donors (Lipinski definition) is 2. The molecule has 0 bridgehead atoms. The Bertz CT molecular complexity index is 1180. The summed E-state index contributed by atoms with van der Waals surface area (Å²) < 4.78 is 27.7. The van der Waals surface area contributed by atoms with Crippen molar-refractivity contribution in [3.63, 3.8) is 0 Å². The molecule has 3 aromatic carbocycles. The Balaban J connectivity index is 1.67. The maximum absolute atomic E-state index is 12.7. The second-order valence-corrected chi connectivity index (χ2v) is 11.0. The van der Waals surface area contributed by atoms with Crippen molar-refractivity contribution in [2.24, 2.45) is 0 Å². The smallest absolute Gasteiger partial charge is 0.261 e. The van der Waals surface area contributed by atoms with Crippen molar-refractivity contribution < 1.29 is 13.2 Å². The van der Waals surface area contributed by atoms with Crippen molar-refractivity contribution in [3.05, 3.63) is 81.8 Å². The molecule has 2 N–H and O–H groups in total. The van der Waals surface area contributed by atoms with Gasteiger partial charge in [0.05, 0.1) is 15.8 Å². The maximum Gasteiger partial charge on any atom is 0.261 e. The number of benzene rings is 3. The molecular formula is C22H19Cl3N2O3S2. The number of thioether (sulfide) groups is 1. The topological polar surface area (TPSA) is 75.3 Å². The molecule has 0 aliphatic rings. The molecule has 3 aromatic rings. The number of hydrogen-bond acceptors (Lipinski definition) is 4. The number of carbonyl (C=O) groups excluding carboxylic acids is 1. The largest absolute Gasteiger partial charge is 0.325 e. The van der Waals surface area contributed by atoms with E-state index in [1.54, 1.807) is 12.1 Å². The van der Waals surface area contributed by atoms with E-state index in [2.05, 4.69) is 10.0 Å². The molecule has 0 aromatic heterocycles. The standard InChI is InChI=1S/C22H19Cl3N2O3S2/c1-2-21(31-19-7-3-14(23)4-8-19)22(28)26-17-5-9-20(10-6-17)32(29,30)27-18-12-15(24)11-16(25)13-18/h3-13,21,27H,2H2,1H3,(H,26,28)/t21-/m0/s1. The van der Waals surface area contributed by atoms with Crippen LogP contribution in [0.2, 0.25) is 15.1 Å². The highest BCUT2D eigenvalue weighted by molar-refractivity contribution is 8.00. The van der Waals surface area contributed by atoms with Crippen LogP contribution < -0.4 is 10.0 Å². The molecule has 10 heteroatoms. The third kappa shape index (κ3) is 6.80. The molecule has 32 heavy (non-hydrogen) atoms. The molecule has 168 valence electrons. The lowest BCUT2D eigenvalue weighted by Gasteiger charge is -2.15. The Labute approximate surface area is 206 Å². The predicted octanol–water partition coefficient (Wildman–Crippen LogP) is 6.96. The van der Waals surface area contributed by atoms with Gasteiger partial charge < -0.3 is 5.32 Å². The van der Waals surface area contributed by atoms with Crippen LogP contribution in [0.15, 0.2) is 76.5 Å². The number of sulfonamides is 1. The van der Waals surface area contributed by atoms with Crippen LogP contribution in [-0.2, 0) is 14.8 Å². The van der Waals surface area contributed by atoms with Crippen molar-refractivity contribution in [1.82, 2.24) is 0 Å². The first kappa shape index (κ1) is 24.7. The Hall–Kier alpha value is -1.90. The molecule has 0 unspecified atom stereocenters. The Morgan fingerprint density at radius 2 is 1.47 bits per heavy atom. The first-order valence-electron chi connectivity index (χ1n) is 9.48. The van der Waals surface area contributed by atoms with E-state index in [4.69, 9.17) is 34.8 Å². The maximum atomic E-state index is 12.7. The number of rotatable bonds is 8. The number of nitrogens with one attached hydrogen (secondary N) is 2. The van der Waals surface area contributed by atoms with E-state index in [9.17, 15) is 13.2 Å². The lowest BCUT2D eigenvalue weighted by molar-refractivity contribution is -0.115. The first-order chi connectivity index (χ1) is 15.2. The predicted molar refractivity (Wildman–Crippen MR) is 134 cm³/mol. The summed E-state index contributed by atoms with van der Waals surface area (Å²) in [7, 11) is -3.85. The van der Waals surface area contributed by atoms with E-state index in [1.165, 1.54) is 54.2 Å². The summed E-state index contributed by atoms with van der Waals surface area (Å²) in [6.45, 7) is 1.93. The minimum Gasteiger partial charge on any atom is -0.325 e. The van der Waals surface area contributed by atoms with Crippen molar-refractivity contribution in [1.29, 1.82) is 0 Å². The highest BCUT2D eigenvalue weighted by Gasteiger charge is 2.19. The van der Waals surface area contributed by atoms with Crippen LogP contribution in [0.4, 0.5) is 11.4 Å². The lowest BCUT2D eigenvalue weighted by atomic mass is 10.3. The Kier molecular flexibility index (Phi) is 8.36. The van der Waals surface area contributed by atoms with Gasteiger partial charge in [0, 0.05) is 25.7 Å². The summed E-state index contributed by atoms with van der Waals surface area (Å²) in [6.07, 6.45) is 0.623. The van der Waals surface area contributed by atoms with Gasteiger partial charge in [-0.15, -0.1) is 11.8 Å². The third-order valence-electron chi connectivity index (χ3n) is 4.30. The molecule has 1 amide bonds. The summed E-state index contributed by atoms with van der Waals surface area (Å²) in [6, 6.07) is 17.6. The summed E-state index contributed by atoms with van der Waals surface area (Å²) in [4.78, 5) is 13.7. The van der Waals surface area contributed by atoms with Gasteiger partial charge in [0.25, 0.3) is 10.0 Å². The van der Waals surface area contributed by atoms with E-state index in [0.29, 0.717) is 27.2 Å². The van der Waals surface area contributed by atoms with E-state index >= 15 is 0 Å². The molecule has 0 aliphatic heterocycles. The minimum absolute atomic E-state index is 0.0363. The van der Waals surface area contributed by atoms with Gasteiger partial charge >= 0.3 is 0 Å². The molecule has 0 heterocycles. The molecule has 0 saturated carbocycles. The second-order valence-electron chi connectivity index (χ2n) is 6.75. The average molecular weight is 530 g/mol. The molecule has 0 spiro atoms. The van der Waals surface area contributed by atoms with Gasteiger partial charge in [-0.2, -0.15) is 0 Å². The fraction of sp³-hybridized carbons (Fsp3) is 0.136. The lowest BCUT2D eigenvalue weighted by Crippen LogP contribution is -2.24. The zero-order valence-electron chi connectivity index (χ0n) is 16.8. The number of anilines is 2. The fourth-order valence-corrected chi connectivity index (χ4v) is 5.41. The van der Waals surface area contributed by atoms with Gasteiger partial charge in [-0.25, -0.2) is 8.42 Å². The van der Waals surface area contributed by atoms with Gasteiger partial charge in [-0.05, 0) is 73.2 Å². The molecule has 0 saturated heterocycles. The number of carbonyl (C=O) groups is 1. The molecule has 0 fully saturated rings. The summed E-state index contributed by atoms with van der Waals surface area (Å²) in [5.74, 6) is -0.172. The minimum atomic E-state index is -3.85. The molecule has 0 aliphatic carbocycles. The van der Waals surface area contributed by atoms with E-state index in [-0.39, 0.29) is 21.7 Å². The SMILES string of the molecule is CC[C@H](Sc1ccc(Cl)cc1)C(=O)Nc1ccc(S(=O)(=O)Nc2cc(Cl)cc(Cl)c2)cc1. The van der Waals surface area contributed by atoms with Crippen LogP contribution in [0.5, 0.6) is 0 Å². The van der Waals surface area contributed by atoms with Crippen LogP contribution in [-0.4, -0.2) is 19.6 Å². The summed E-state index contributed by atoms with van der Waals surface area (Å²) in [5.41, 5.74) is 0.750. The van der Waals surface area contributed by atoms with Crippen LogP contribution in [0, 0.1) is 0 Å². The van der Waals surface area contributed by atoms with Crippen LogP contribution in [0.3, 0.4) is 0 Å².